The van der Waals surface area contributed by atoms with Crippen LogP contribution in [0.2, 0.25) is 5.02 Å². The van der Waals surface area contributed by atoms with Crippen molar-refractivity contribution >= 4 is 38.2 Å². The lowest BCUT2D eigenvalue weighted by Crippen LogP contribution is -2.40. The van der Waals surface area contributed by atoms with Crippen molar-refractivity contribution in [1.29, 1.82) is 0 Å². The summed E-state index contributed by atoms with van der Waals surface area (Å²) in [4.78, 5) is 4.61. The van der Waals surface area contributed by atoms with Crippen LogP contribution in [0.25, 0.3) is 10.9 Å². The first-order valence-electron chi connectivity index (χ1n) is 9.92. The van der Waals surface area contributed by atoms with Gasteiger partial charge < -0.3 is 10.1 Å². The van der Waals surface area contributed by atoms with E-state index in [1.165, 1.54) is 13.2 Å². The summed E-state index contributed by atoms with van der Waals surface area (Å²) in [5, 5.41) is 5.29. The lowest BCUT2D eigenvalue weighted by Gasteiger charge is -2.30. The third-order valence-electron chi connectivity index (χ3n) is 5.46. The molecule has 1 fully saturated rings. The van der Waals surface area contributed by atoms with Gasteiger partial charge in [0, 0.05) is 40.4 Å². The molecule has 0 radical (unpaired) electrons. The maximum atomic E-state index is 12.7. The van der Waals surface area contributed by atoms with Gasteiger partial charge >= 0.3 is 0 Å². The molecule has 0 amide bonds. The molecule has 8 heteroatoms. The highest BCUT2D eigenvalue weighted by Crippen LogP contribution is 2.29. The van der Waals surface area contributed by atoms with Gasteiger partial charge in [-0.1, -0.05) is 17.7 Å². The van der Waals surface area contributed by atoms with Crippen molar-refractivity contribution in [3.05, 3.63) is 59.8 Å². The molecule has 4 rings (SSSR count). The predicted molar refractivity (Wildman–Crippen MR) is 120 cm³/mol. The Bertz CT molecular complexity index is 1150. The van der Waals surface area contributed by atoms with Crippen LogP contribution < -0.4 is 14.8 Å². The van der Waals surface area contributed by atoms with E-state index in [4.69, 9.17) is 16.3 Å². The van der Waals surface area contributed by atoms with Crippen LogP contribution in [0.4, 0.5) is 5.69 Å². The Hall–Kier alpha value is -2.35. The highest BCUT2D eigenvalue weighted by Gasteiger charge is 2.26. The van der Waals surface area contributed by atoms with E-state index in [-0.39, 0.29) is 17.0 Å². The zero-order valence-corrected chi connectivity index (χ0v) is 18.2. The molecule has 1 aliphatic rings. The van der Waals surface area contributed by atoms with E-state index < -0.39 is 10.0 Å². The van der Waals surface area contributed by atoms with Crippen molar-refractivity contribution in [2.45, 2.75) is 42.7 Å². The fourth-order valence-corrected chi connectivity index (χ4v) is 5.38. The number of hydrogen-bond donors (Lipinski definition) is 2. The lowest BCUT2D eigenvalue weighted by atomic mass is 9.91. The van der Waals surface area contributed by atoms with Gasteiger partial charge in [-0.2, -0.15) is 0 Å². The molecule has 0 saturated heterocycles. The zero-order chi connectivity index (χ0) is 21.1. The Morgan fingerprint density at radius 3 is 2.57 bits per heavy atom. The minimum Gasteiger partial charge on any atom is -0.497 e. The smallest absolute Gasteiger partial charge is 0.240 e. The number of rotatable bonds is 6. The number of sulfonamides is 1. The number of nitrogens with one attached hydrogen (secondary N) is 2. The van der Waals surface area contributed by atoms with E-state index in [1.54, 1.807) is 24.4 Å². The van der Waals surface area contributed by atoms with Crippen molar-refractivity contribution in [2.24, 2.45) is 0 Å². The van der Waals surface area contributed by atoms with E-state index in [1.807, 2.05) is 24.3 Å². The summed E-state index contributed by atoms with van der Waals surface area (Å²) in [6.45, 7) is 0. The Kier molecular flexibility index (Phi) is 6.13. The van der Waals surface area contributed by atoms with Crippen LogP contribution >= 0.6 is 11.6 Å². The molecular formula is C22H24ClN3O3S. The molecule has 30 heavy (non-hydrogen) atoms. The largest absolute Gasteiger partial charge is 0.497 e. The summed E-state index contributed by atoms with van der Waals surface area (Å²) in [6.07, 6.45) is 5.08. The van der Waals surface area contributed by atoms with Crippen LogP contribution in [0.1, 0.15) is 25.7 Å². The lowest BCUT2D eigenvalue weighted by molar-refractivity contribution is 0.387. The van der Waals surface area contributed by atoms with E-state index in [0.29, 0.717) is 10.8 Å². The van der Waals surface area contributed by atoms with Crippen molar-refractivity contribution in [2.75, 3.05) is 12.4 Å². The molecule has 0 aliphatic heterocycles. The summed E-state index contributed by atoms with van der Waals surface area (Å²) in [5.41, 5.74) is 1.88. The number of fused-ring (bicyclic) bond motifs is 1. The Morgan fingerprint density at radius 2 is 1.80 bits per heavy atom. The topological polar surface area (TPSA) is 80.3 Å². The second-order valence-electron chi connectivity index (χ2n) is 7.51. The molecule has 2 N–H and O–H groups in total. The molecule has 1 saturated carbocycles. The molecule has 1 heterocycles. The van der Waals surface area contributed by atoms with Gasteiger partial charge in [0.15, 0.2) is 0 Å². The van der Waals surface area contributed by atoms with Gasteiger partial charge in [0.1, 0.15) is 5.75 Å². The summed E-state index contributed by atoms with van der Waals surface area (Å²) < 4.78 is 33.4. The van der Waals surface area contributed by atoms with Crippen molar-refractivity contribution in [3.63, 3.8) is 0 Å². The zero-order valence-electron chi connectivity index (χ0n) is 16.6. The number of pyridine rings is 1. The molecule has 0 bridgehead atoms. The summed E-state index contributed by atoms with van der Waals surface area (Å²) >= 11 is 6.07. The molecule has 158 valence electrons. The molecule has 3 aromatic rings. The van der Waals surface area contributed by atoms with E-state index in [9.17, 15) is 8.42 Å². The monoisotopic (exact) mass is 445 g/mol. The number of benzene rings is 2. The molecule has 1 aliphatic carbocycles. The fourth-order valence-electron chi connectivity index (χ4n) is 3.88. The van der Waals surface area contributed by atoms with Gasteiger partial charge in [0.25, 0.3) is 0 Å². The second-order valence-corrected chi connectivity index (χ2v) is 9.66. The third-order valence-corrected chi connectivity index (χ3v) is 7.22. The van der Waals surface area contributed by atoms with Crippen LogP contribution in [0.3, 0.4) is 0 Å². The average molecular weight is 446 g/mol. The minimum atomic E-state index is -3.57. The summed E-state index contributed by atoms with van der Waals surface area (Å²) in [7, 11) is -2.05. The Labute approximate surface area is 181 Å². The first kappa shape index (κ1) is 20.9. The van der Waals surface area contributed by atoms with Crippen LogP contribution in [0, 0.1) is 0 Å². The van der Waals surface area contributed by atoms with E-state index in [2.05, 4.69) is 15.0 Å². The highest BCUT2D eigenvalue weighted by molar-refractivity contribution is 7.89. The first-order valence-corrected chi connectivity index (χ1v) is 11.8. The standard InChI is InChI=1S/C22H24ClN3O3S/c1-29-18-3-2-4-19(14-18)30(27,28)26-17-8-6-16(7-9-17)25-21-11-12-24-22-13-15(23)5-10-20(21)22/h2-5,10-14,16-17,26H,6-9H2,1H3,(H,24,25)/t16-,17+. The maximum absolute atomic E-state index is 12.7. The van der Waals surface area contributed by atoms with Gasteiger partial charge in [-0.05, 0) is 62.1 Å². The maximum Gasteiger partial charge on any atom is 0.240 e. The Balaban J connectivity index is 1.38. The first-order chi connectivity index (χ1) is 14.4. The van der Waals surface area contributed by atoms with Crippen molar-refractivity contribution in [3.8, 4) is 5.75 Å². The molecular weight excluding hydrogens is 422 g/mol. The molecule has 2 aromatic carbocycles. The SMILES string of the molecule is COc1cccc(S(=O)(=O)N[C@H]2CC[C@@H](Nc3ccnc4cc(Cl)ccc34)CC2)c1. The van der Waals surface area contributed by atoms with Gasteiger partial charge in [-0.3, -0.25) is 4.98 Å². The number of methoxy groups -OCH3 is 1. The molecule has 0 atom stereocenters. The van der Waals surface area contributed by atoms with Crippen LogP contribution in [-0.4, -0.2) is 32.6 Å². The van der Waals surface area contributed by atoms with Gasteiger partial charge in [0.2, 0.25) is 10.0 Å². The minimum absolute atomic E-state index is 0.0766. The van der Waals surface area contributed by atoms with Crippen LogP contribution in [-0.2, 0) is 10.0 Å². The summed E-state index contributed by atoms with van der Waals surface area (Å²) in [6, 6.07) is 14.4. The summed E-state index contributed by atoms with van der Waals surface area (Å²) in [5.74, 6) is 0.525. The number of aromatic nitrogens is 1. The molecule has 6 nitrogen and oxygen atoms in total. The van der Waals surface area contributed by atoms with Gasteiger partial charge in [0.05, 0.1) is 17.5 Å². The van der Waals surface area contributed by atoms with E-state index >= 15 is 0 Å². The average Bonchev–Trinajstić information content (AvgIpc) is 2.75. The molecule has 0 spiro atoms. The van der Waals surface area contributed by atoms with Crippen molar-refractivity contribution < 1.29 is 13.2 Å². The fraction of sp³-hybridized carbons (Fsp3) is 0.318. The molecule has 1 aromatic heterocycles. The highest BCUT2D eigenvalue weighted by atomic mass is 35.5. The number of ether oxygens (including phenoxy) is 1. The van der Waals surface area contributed by atoms with Crippen molar-refractivity contribution in [1.82, 2.24) is 9.71 Å². The Morgan fingerprint density at radius 1 is 1.03 bits per heavy atom. The number of halogens is 1. The van der Waals surface area contributed by atoms with E-state index in [0.717, 1.165) is 42.3 Å². The second kappa shape index (κ2) is 8.79. The number of hydrogen-bond acceptors (Lipinski definition) is 5. The van der Waals surface area contributed by atoms with Crippen LogP contribution in [0.15, 0.2) is 59.6 Å². The number of anilines is 1. The van der Waals surface area contributed by atoms with Gasteiger partial charge in [-0.25, -0.2) is 13.1 Å². The normalized spacial score (nSPS) is 19.5. The van der Waals surface area contributed by atoms with Crippen LogP contribution in [0.5, 0.6) is 5.75 Å². The predicted octanol–water partition coefficient (Wildman–Crippen LogP) is 4.60. The van der Waals surface area contributed by atoms with Gasteiger partial charge in [-0.15, -0.1) is 0 Å². The molecule has 0 unspecified atom stereocenters. The third kappa shape index (κ3) is 4.69. The quantitative estimate of drug-likeness (QED) is 0.579. The number of nitrogens with zero attached hydrogens (tertiary/aromatic N) is 1.